The topological polar surface area (TPSA) is 106 Å². The van der Waals surface area contributed by atoms with Crippen molar-refractivity contribution in [1.82, 2.24) is 0 Å². The maximum absolute atomic E-state index is 12.6. The van der Waals surface area contributed by atoms with Gasteiger partial charge in [-0.3, -0.25) is 19.2 Å². The number of primary amides is 1. The SMILES string of the molecule is NC(=O)C1C(=O)Cc2cc3cc4ccc(NC(=O)C(F)(F)F)cc4cc3cc2C1=O. The lowest BCUT2D eigenvalue weighted by Gasteiger charge is -2.21. The van der Waals surface area contributed by atoms with Gasteiger partial charge >= 0.3 is 12.1 Å². The van der Waals surface area contributed by atoms with E-state index in [0.717, 1.165) is 0 Å². The Morgan fingerprint density at radius 1 is 0.933 bits per heavy atom. The van der Waals surface area contributed by atoms with E-state index in [0.29, 0.717) is 27.1 Å². The molecule has 0 heterocycles. The molecule has 3 N–H and O–H groups in total. The second-order valence-corrected chi connectivity index (χ2v) is 7.07. The second kappa shape index (κ2) is 6.65. The number of carbonyl (C=O) groups excluding carboxylic acids is 4. The van der Waals surface area contributed by atoms with Crippen molar-refractivity contribution in [3.8, 4) is 0 Å². The van der Waals surface area contributed by atoms with Gasteiger partial charge in [0.2, 0.25) is 5.91 Å². The van der Waals surface area contributed by atoms with Gasteiger partial charge in [0, 0.05) is 17.7 Å². The standard InChI is InChI=1S/C21H13F3N2O4/c22-21(23,24)20(30)26-14-2-1-9-3-10-5-13-8-16(27)17(19(25)29)18(28)15(13)7-12(10)4-11(9)6-14/h1-7,17H,8H2,(H2,25,29)(H,26,30). The molecule has 3 aromatic carbocycles. The Bertz CT molecular complexity index is 1280. The molecule has 3 aromatic rings. The van der Waals surface area contributed by atoms with Crippen LogP contribution in [-0.2, 0) is 20.8 Å². The molecule has 0 spiro atoms. The highest BCUT2D eigenvalue weighted by atomic mass is 19.4. The van der Waals surface area contributed by atoms with E-state index in [4.69, 9.17) is 5.73 Å². The summed E-state index contributed by atoms with van der Waals surface area (Å²) in [7, 11) is 0. The highest BCUT2D eigenvalue weighted by Gasteiger charge is 2.39. The number of nitrogens with two attached hydrogens (primary N) is 1. The zero-order valence-corrected chi connectivity index (χ0v) is 15.2. The Kier molecular flexibility index (Phi) is 4.34. The molecule has 30 heavy (non-hydrogen) atoms. The van der Waals surface area contributed by atoms with Crippen molar-refractivity contribution >= 4 is 50.6 Å². The van der Waals surface area contributed by atoms with E-state index in [9.17, 15) is 32.3 Å². The zero-order chi connectivity index (χ0) is 21.8. The summed E-state index contributed by atoms with van der Waals surface area (Å²) in [6.45, 7) is 0. The van der Waals surface area contributed by atoms with Gasteiger partial charge < -0.3 is 11.1 Å². The minimum atomic E-state index is -5.01. The van der Waals surface area contributed by atoms with Crippen LogP contribution < -0.4 is 11.1 Å². The lowest BCUT2D eigenvalue weighted by atomic mass is 9.80. The van der Waals surface area contributed by atoms with E-state index < -0.39 is 35.5 Å². The van der Waals surface area contributed by atoms with Crippen LogP contribution in [0.3, 0.4) is 0 Å². The normalized spacial score (nSPS) is 16.6. The number of hydrogen-bond acceptors (Lipinski definition) is 4. The van der Waals surface area contributed by atoms with Crippen LogP contribution in [0.4, 0.5) is 18.9 Å². The minimum absolute atomic E-state index is 0.0300. The van der Waals surface area contributed by atoms with Gasteiger partial charge in [0.1, 0.15) is 0 Å². The van der Waals surface area contributed by atoms with E-state index in [-0.39, 0.29) is 17.7 Å². The number of alkyl halides is 3. The summed E-state index contributed by atoms with van der Waals surface area (Å²) in [5.74, 6) is -5.81. The minimum Gasteiger partial charge on any atom is -0.369 e. The van der Waals surface area contributed by atoms with Gasteiger partial charge in [-0.15, -0.1) is 0 Å². The summed E-state index contributed by atoms with van der Waals surface area (Å²) in [5.41, 5.74) is 5.86. The average molecular weight is 414 g/mol. The van der Waals surface area contributed by atoms with Gasteiger partial charge in [-0.05, 0) is 63.5 Å². The summed E-state index contributed by atoms with van der Waals surface area (Å²) in [5, 5.41) is 4.32. The van der Waals surface area contributed by atoms with Crippen LogP contribution in [-0.4, -0.2) is 29.6 Å². The van der Waals surface area contributed by atoms with Crippen LogP contribution >= 0.6 is 0 Å². The maximum Gasteiger partial charge on any atom is 0.471 e. The molecule has 1 aliphatic rings. The highest BCUT2D eigenvalue weighted by molar-refractivity contribution is 6.27. The zero-order valence-electron chi connectivity index (χ0n) is 15.2. The van der Waals surface area contributed by atoms with Gasteiger partial charge in [-0.25, -0.2) is 0 Å². The molecule has 0 saturated carbocycles. The summed E-state index contributed by atoms with van der Waals surface area (Å²) < 4.78 is 37.4. The molecule has 0 fully saturated rings. The first-order valence-electron chi connectivity index (χ1n) is 8.79. The Morgan fingerprint density at radius 2 is 1.57 bits per heavy atom. The van der Waals surface area contributed by atoms with Crippen molar-refractivity contribution in [2.24, 2.45) is 11.7 Å². The van der Waals surface area contributed by atoms with Crippen LogP contribution in [0, 0.1) is 5.92 Å². The molecular weight excluding hydrogens is 401 g/mol. The molecule has 0 aromatic heterocycles. The van der Waals surface area contributed by atoms with Gasteiger partial charge in [-0.1, -0.05) is 6.07 Å². The number of nitrogens with one attached hydrogen (secondary N) is 1. The lowest BCUT2D eigenvalue weighted by Crippen LogP contribution is -2.41. The monoisotopic (exact) mass is 414 g/mol. The predicted octanol–water partition coefficient (Wildman–Crippen LogP) is 2.90. The van der Waals surface area contributed by atoms with Crippen molar-refractivity contribution in [1.29, 1.82) is 0 Å². The van der Waals surface area contributed by atoms with Crippen molar-refractivity contribution in [3.63, 3.8) is 0 Å². The van der Waals surface area contributed by atoms with Gasteiger partial charge in [0.05, 0.1) is 0 Å². The maximum atomic E-state index is 12.6. The van der Waals surface area contributed by atoms with Crippen molar-refractivity contribution in [2.45, 2.75) is 12.6 Å². The van der Waals surface area contributed by atoms with E-state index in [1.54, 1.807) is 29.6 Å². The summed E-state index contributed by atoms with van der Waals surface area (Å²) in [6.07, 6.45) is -5.10. The third-order valence-corrected chi connectivity index (χ3v) is 5.03. The summed E-state index contributed by atoms with van der Waals surface area (Å²) in [6, 6.07) is 10.9. The Morgan fingerprint density at radius 3 is 2.23 bits per heavy atom. The number of benzene rings is 3. The number of carbonyl (C=O) groups is 4. The molecule has 1 aliphatic carbocycles. The first kappa shape index (κ1) is 19.6. The first-order chi connectivity index (χ1) is 14.0. The van der Waals surface area contributed by atoms with Gasteiger partial charge in [0.15, 0.2) is 17.5 Å². The number of hydrogen-bond donors (Lipinski definition) is 2. The quantitative estimate of drug-likeness (QED) is 0.497. The van der Waals surface area contributed by atoms with Crippen LogP contribution in [0.25, 0.3) is 21.5 Å². The van der Waals surface area contributed by atoms with Crippen molar-refractivity contribution < 1.29 is 32.3 Å². The number of anilines is 1. The van der Waals surface area contributed by atoms with Crippen molar-refractivity contribution in [2.75, 3.05) is 5.32 Å². The molecule has 1 unspecified atom stereocenters. The fourth-order valence-electron chi connectivity index (χ4n) is 3.63. The number of Topliss-reactive ketones (excluding diaryl/α,β-unsaturated/α-hetero) is 2. The predicted molar refractivity (Wildman–Crippen MR) is 102 cm³/mol. The molecule has 9 heteroatoms. The molecule has 0 bridgehead atoms. The Labute approximate surface area is 166 Å². The van der Waals surface area contributed by atoms with Gasteiger partial charge in [0.25, 0.3) is 0 Å². The third-order valence-electron chi connectivity index (χ3n) is 5.03. The van der Waals surface area contributed by atoms with E-state index in [1.807, 2.05) is 0 Å². The first-order valence-corrected chi connectivity index (χ1v) is 8.79. The molecule has 6 nitrogen and oxygen atoms in total. The largest absolute Gasteiger partial charge is 0.471 e. The molecule has 4 rings (SSSR count). The average Bonchev–Trinajstić information content (AvgIpc) is 2.64. The highest BCUT2D eigenvalue weighted by Crippen LogP contribution is 2.32. The molecule has 0 saturated heterocycles. The number of halogens is 3. The number of ketones is 2. The fourth-order valence-corrected chi connectivity index (χ4v) is 3.63. The van der Waals surface area contributed by atoms with Crippen molar-refractivity contribution in [3.05, 3.63) is 53.6 Å². The number of rotatable bonds is 2. The fraction of sp³-hybridized carbons (Fsp3) is 0.143. The molecule has 152 valence electrons. The summed E-state index contributed by atoms with van der Waals surface area (Å²) >= 11 is 0. The third kappa shape index (κ3) is 3.28. The lowest BCUT2D eigenvalue weighted by molar-refractivity contribution is -0.167. The van der Waals surface area contributed by atoms with Crippen LogP contribution in [0.5, 0.6) is 0 Å². The van der Waals surface area contributed by atoms with E-state index in [2.05, 4.69) is 0 Å². The molecule has 1 atom stereocenters. The Balaban J connectivity index is 1.80. The van der Waals surface area contributed by atoms with Gasteiger partial charge in [-0.2, -0.15) is 13.2 Å². The van der Waals surface area contributed by atoms with Crippen LogP contribution in [0.2, 0.25) is 0 Å². The number of amides is 2. The molecule has 0 aliphatic heterocycles. The second-order valence-electron chi connectivity index (χ2n) is 7.07. The van der Waals surface area contributed by atoms with Crippen LogP contribution in [0.15, 0.2) is 42.5 Å². The summed E-state index contributed by atoms with van der Waals surface area (Å²) in [4.78, 5) is 47.3. The van der Waals surface area contributed by atoms with E-state index in [1.165, 1.54) is 18.2 Å². The number of fused-ring (bicyclic) bond motifs is 3. The molecule has 2 amide bonds. The molecular formula is C21H13F3N2O4. The van der Waals surface area contributed by atoms with E-state index >= 15 is 0 Å². The van der Waals surface area contributed by atoms with Crippen LogP contribution in [0.1, 0.15) is 15.9 Å². The Hall–Kier alpha value is -3.75. The smallest absolute Gasteiger partial charge is 0.369 e. The molecule has 0 radical (unpaired) electrons.